The number of carbonyl (C=O) groups is 1. The summed E-state index contributed by atoms with van der Waals surface area (Å²) < 4.78 is 11.3. The third-order valence-corrected chi connectivity index (χ3v) is 6.12. The number of methoxy groups -OCH3 is 1. The highest BCUT2D eigenvalue weighted by Gasteiger charge is 2.23. The molecule has 0 radical (unpaired) electrons. The average Bonchev–Trinajstić information content (AvgIpc) is 3.23. The van der Waals surface area contributed by atoms with Crippen molar-refractivity contribution in [2.45, 2.75) is 19.3 Å². The number of carbonyl (C=O) groups excluding carboxylic acids is 1. The number of rotatable bonds is 6. The third kappa shape index (κ3) is 4.70. The van der Waals surface area contributed by atoms with Crippen molar-refractivity contribution in [2.24, 2.45) is 0 Å². The van der Waals surface area contributed by atoms with E-state index in [4.69, 9.17) is 21.7 Å². The number of ether oxygens (including phenoxy) is 2. The molecule has 9 heteroatoms. The topological polar surface area (TPSA) is 83.4 Å². The van der Waals surface area contributed by atoms with Crippen molar-refractivity contribution in [3.63, 3.8) is 0 Å². The SMILES string of the molecule is COCCOc1ccc(Br)cc1C(=O)NC(=S)Nc1sc2c(c1C#N)CCC2. The van der Waals surface area contributed by atoms with Gasteiger partial charge in [-0.2, -0.15) is 5.26 Å². The van der Waals surface area contributed by atoms with Crippen molar-refractivity contribution in [3.05, 3.63) is 44.2 Å². The summed E-state index contributed by atoms with van der Waals surface area (Å²) in [6.45, 7) is 0.741. The van der Waals surface area contributed by atoms with Gasteiger partial charge in [-0.3, -0.25) is 10.1 Å². The molecular formula is C19H18BrN3O3S2. The second-order valence-electron chi connectivity index (χ2n) is 6.06. The minimum atomic E-state index is -0.395. The molecule has 0 saturated carbocycles. The van der Waals surface area contributed by atoms with Crippen LogP contribution >= 0.6 is 39.5 Å². The smallest absolute Gasteiger partial charge is 0.261 e. The minimum absolute atomic E-state index is 0.143. The minimum Gasteiger partial charge on any atom is -0.490 e. The fraction of sp³-hybridized carbons (Fsp3) is 0.316. The van der Waals surface area contributed by atoms with Gasteiger partial charge in [-0.05, 0) is 55.2 Å². The van der Waals surface area contributed by atoms with Gasteiger partial charge in [-0.25, -0.2) is 0 Å². The molecule has 0 saturated heterocycles. The second kappa shape index (κ2) is 9.47. The maximum atomic E-state index is 12.7. The van der Waals surface area contributed by atoms with Gasteiger partial charge in [-0.15, -0.1) is 11.3 Å². The lowest BCUT2D eigenvalue weighted by atomic mass is 10.1. The average molecular weight is 480 g/mol. The van der Waals surface area contributed by atoms with E-state index < -0.39 is 5.91 Å². The zero-order chi connectivity index (χ0) is 20.1. The second-order valence-corrected chi connectivity index (χ2v) is 8.49. The van der Waals surface area contributed by atoms with Crippen LogP contribution in [0.25, 0.3) is 0 Å². The maximum absolute atomic E-state index is 12.7. The van der Waals surface area contributed by atoms with Crippen LogP contribution in [0.2, 0.25) is 0 Å². The first-order chi connectivity index (χ1) is 13.5. The zero-order valence-electron chi connectivity index (χ0n) is 15.1. The van der Waals surface area contributed by atoms with Gasteiger partial charge in [0.05, 0.1) is 17.7 Å². The van der Waals surface area contributed by atoms with E-state index in [1.165, 1.54) is 16.2 Å². The van der Waals surface area contributed by atoms with Crippen molar-refractivity contribution in [3.8, 4) is 11.8 Å². The molecule has 1 aliphatic rings. The molecule has 1 aromatic heterocycles. The van der Waals surface area contributed by atoms with E-state index >= 15 is 0 Å². The number of hydrogen-bond acceptors (Lipinski definition) is 6. The Hall–Kier alpha value is -1.99. The Balaban J connectivity index is 1.71. The number of thiophene rings is 1. The van der Waals surface area contributed by atoms with Crippen molar-refractivity contribution in [2.75, 3.05) is 25.6 Å². The highest BCUT2D eigenvalue weighted by molar-refractivity contribution is 9.10. The standard InChI is InChI=1S/C19H18BrN3O3S2/c1-25-7-8-26-15-6-5-11(20)9-13(15)17(24)22-19(27)23-18-14(10-21)12-3-2-4-16(12)28-18/h5-6,9H,2-4,7-8H2,1H3,(H2,22,23,24,27). The lowest BCUT2D eigenvalue weighted by molar-refractivity contribution is 0.0969. The van der Waals surface area contributed by atoms with E-state index in [-0.39, 0.29) is 5.11 Å². The van der Waals surface area contributed by atoms with Crippen LogP contribution in [0.4, 0.5) is 5.00 Å². The quantitative estimate of drug-likeness (QED) is 0.480. The fourth-order valence-electron chi connectivity index (χ4n) is 2.96. The van der Waals surface area contributed by atoms with Crippen LogP contribution in [0.5, 0.6) is 5.75 Å². The molecule has 1 aliphatic carbocycles. The zero-order valence-corrected chi connectivity index (χ0v) is 18.4. The Morgan fingerprint density at radius 2 is 2.21 bits per heavy atom. The molecule has 2 aromatic rings. The lowest BCUT2D eigenvalue weighted by Crippen LogP contribution is -2.34. The normalized spacial score (nSPS) is 12.2. The van der Waals surface area contributed by atoms with Crippen molar-refractivity contribution < 1.29 is 14.3 Å². The predicted molar refractivity (Wildman–Crippen MR) is 116 cm³/mol. The van der Waals surface area contributed by atoms with E-state index in [0.29, 0.717) is 35.1 Å². The number of nitriles is 1. The molecule has 0 atom stereocenters. The molecule has 0 aliphatic heterocycles. The van der Waals surface area contributed by atoms with E-state index in [0.717, 1.165) is 29.3 Å². The van der Waals surface area contributed by atoms with Gasteiger partial charge in [0.25, 0.3) is 5.91 Å². The van der Waals surface area contributed by atoms with Gasteiger partial charge >= 0.3 is 0 Å². The molecular weight excluding hydrogens is 462 g/mol. The molecule has 2 N–H and O–H groups in total. The van der Waals surface area contributed by atoms with E-state index in [9.17, 15) is 10.1 Å². The largest absolute Gasteiger partial charge is 0.490 e. The summed E-state index contributed by atoms with van der Waals surface area (Å²) in [5.74, 6) is 0.0437. The van der Waals surface area contributed by atoms with Crippen molar-refractivity contribution in [1.82, 2.24) is 5.32 Å². The van der Waals surface area contributed by atoms with Gasteiger partial charge in [0.15, 0.2) is 5.11 Å². The number of anilines is 1. The summed E-state index contributed by atoms with van der Waals surface area (Å²) in [7, 11) is 1.58. The van der Waals surface area contributed by atoms with Crippen LogP contribution in [0, 0.1) is 11.3 Å². The number of nitrogens with zero attached hydrogens (tertiary/aromatic N) is 1. The number of aryl methyl sites for hydroxylation is 1. The molecule has 28 heavy (non-hydrogen) atoms. The van der Waals surface area contributed by atoms with Crippen LogP contribution in [0.15, 0.2) is 22.7 Å². The van der Waals surface area contributed by atoms with Crippen LogP contribution in [-0.2, 0) is 17.6 Å². The molecule has 0 unspecified atom stereocenters. The Morgan fingerprint density at radius 3 is 2.96 bits per heavy atom. The number of thiocarbonyl (C=S) groups is 1. The van der Waals surface area contributed by atoms with Crippen LogP contribution in [0.3, 0.4) is 0 Å². The van der Waals surface area contributed by atoms with Crippen LogP contribution in [0.1, 0.15) is 32.8 Å². The third-order valence-electron chi connectivity index (χ3n) is 4.22. The predicted octanol–water partition coefficient (Wildman–Crippen LogP) is 4.02. The molecule has 3 rings (SSSR count). The molecule has 0 spiro atoms. The highest BCUT2D eigenvalue weighted by Crippen LogP contribution is 2.38. The molecule has 0 bridgehead atoms. The number of halogens is 1. The van der Waals surface area contributed by atoms with Gasteiger partial charge in [0, 0.05) is 16.5 Å². The van der Waals surface area contributed by atoms with Gasteiger partial charge in [-0.1, -0.05) is 15.9 Å². The Kier molecular flexibility index (Phi) is 7.02. The first kappa shape index (κ1) is 20.7. The lowest BCUT2D eigenvalue weighted by Gasteiger charge is -2.13. The summed E-state index contributed by atoms with van der Waals surface area (Å²) >= 11 is 10.2. The number of amides is 1. The van der Waals surface area contributed by atoms with Gasteiger partial charge in [0.2, 0.25) is 0 Å². The summed E-state index contributed by atoms with van der Waals surface area (Å²) in [6, 6.07) is 7.42. The van der Waals surface area contributed by atoms with Crippen molar-refractivity contribution >= 4 is 55.5 Å². The molecule has 0 fully saturated rings. The summed E-state index contributed by atoms with van der Waals surface area (Å²) in [4.78, 5) is 13.9. The van der Waals surface area contributed by atoms with E-state index in [1.54, 1.807) is 25.3 Å². The van der Waals surface area contributed by atoms with Crippen molar-refractivity contribution in [1.29, 1.82) is 5.26 Å². The first-order valence-electron chi connectivity index (χ1n) is 8.61. The summed E-state index contributed by atoms with van der Waals surface area (Å²) in [5, 5.41) is 16.0. The molecule has 1 amide bonds. The number of hydrogen-bond donors (Lipinski definition) is 2. The maximum Gasteiger partial charge on any atom is 0.261 e. The molecule has 1 aromatic carbocycles. The Morgan fingerprint density at radius 1 is 1.39 bits per heavy atom. The fourth-order valence-corrected chi connectivity index (χ4v) is 4.82. The van der Waals surface area contributed by atoms with Crippen LogP contribution in [-0.4, -0.2) is 31.3 Å². The summed E-state index contributed by atoms with van der Waals surface area (Å²) in [5.41, 5.74) is 2.08. The molecule has 146 valence electrons. The Bertz CT molecular complexity index is 953. The monoisotopic (exact) mass is 479 g/mol. The molecule has 6 nitrogen and oxygen atoms in total. The molecule has 1 heterocycles. The summed E-state index contributed by atoms with van der Waals surface area (Å²) in [6.07, 6.45) is 2.97. The highest BCUT2D eigenvalue weighted by atomic mass is 79.9. The van der Waals surface area contributed by atoms with E-state index in [2.05, 4.69) is 32.6 Å². The number of fused-ring (bicyclic) bond motifs is 1. The van der Waals surface area contributed by atoms with Gasteiger partial charge < -0.3 is 14.8 Å². The van der Waals surface area contributed by atoms with Gasteiger partial charge in [0.1, 0.15) is 23.4 Å². The first-order valence-corrected chi connectivity index (χ1v) is 10.6. The Labute approximate surface area is 181 Å². The van der Waals surface area contributed by atoms with Crippen LogP contribution < -0.4 is 15.4 Å². The van der Waals surface area contributed by atoms with E-state index in [1.807, 2.05) is 0 Å². The number of benzene rings is 1. The number of nitrogens with one attached hydrogen (secondary N) is 2.